The van der Waals surface area contributed by atoms with Crippen LogP contribution in [0.2, 0.25) is 0 Å². The van der Waals surface area contributed by atoms with Gasteiger partial charge in [-0.25, -0.2) is 4.39 Å². The van der Waals surface area contributed by atoms with Crippen LogP contribution in [0.15, 0.2) is 24.3 Å². The molecule has 1 aromatic carbocycles. The van der Waals surface area contributed by atoms with Gasteiger partial charge in [-0.1, -0.05) is 0 Å². The van der Waals surface area contributed by atoms with Crippen molar-refractivity contribution < 1.29 is 18.7 Å². The second-order valence-electron chi connectivity index (χ2n) is 3.44. The fourth-order valence-electron chi connectivity index (χ4n) is 1.54. The van der Waals surface area contributed by atoms with Gasteiger partial charge < -0.3 is 9.47 Å². The molecule has 0 heterocycles. The van der Waals surface area contributed by atoms with Crippen molar-refractivity contribution in [1.29, 1.82) is 0 Å². The van der Waals surface area contributed by atoms with Crippen molar-refractivity contribution in [2.45, 2.75) is 18.6 Å². The molecule has 15 heavy (non-hydrogen) atoms. The predicted octanol–water partition coefficient (Wildman–Crippen LogP) is 1.56. The summed E-state index contributed by atoms with van der Waals surface area (Å²) in [7, 11) is 1.47. The summed E-state index contributed by atoms with van der Waals surface area (Å²) in [5, 5.41) is 0. The molecule has 0 bridgehead atoms. The maximum absolute atomic E-state index is 12.6. The first-order valence-corrected chi connectivity index (χ1v) is 4.68. The summed E-state index contributed by atoms with van der Waals surface area (Å²) in [4.78, 5) is 11.1. The maximum Gasteiger partial charge on any atom is 0.169 e. The molecule has 0 aliphatic heterocycles. The third-order valence-electron chi connectivity index (χ3n) is 2.41. The lowest BCUT2D eigenvalue weighted by Crippen LogP contribution is -2.51. The largest absolute Gasteiger partial charge is 0.487 e. The van der Waals surface area contributed by atoms with Crippen LogP contribution in [0.1, 0.15) is 6.42 Å². The lowest BCUT2D eigenvalue weighted by molar-refractivity contribution is -0.150. The van der Waals surface area contributed by atoms with Crippen molar-refractivity contribution in [1.82, 2.24) is 0 Å². The standard InChI is InChI=1S/C11H11FO3/c1-14-11-9(13)6-10(11)15-8-4-2-7(12)3-5-8/h2-5,10-11H,6H2,1H3. The van der Waals surface area contributed by atoms with E-state index in [4.69, 9.17) is 9.47 Å². The quantitative estimate of drug-likeness (QED) is 0.759. The zero-order valence-electron chi connectivity index (χ0n) is 8.27. The number of ether oxygens (including phenoxy) is 2. The number of carbonyl (C=O) groups excluding carboxylic acids is 1. The number of hydrogen-bond donors (Lipinski definition) is 0. The van der Waals surface area contributed by atoms with E-state index in [1.54, 1.807) is 0 Å². The van der Waals surface area contributed by atoms with Crippen LogP contribution >= 0.6 is 0 Å². The SMILES string of the molecule is COC1C(=O)CC1Oc1ccc(F)cc1. The van der Waals surface area contributed by atoms with E-state index in [-0.39, 0.29) is 17.7 Å². The van der Waals surface area contributed by atoms with Crippen molar-refractivity contribution >= 4 is 5.78 Å². The van der Waals surface area contributed by atoms with Crippen molar-refractivity contribution in [2.24, 2.45) is 0 Å². The van der Waals surface area contributed by atoms with E-state index < -0.39 is 6.10 Å². The lowest BCUT2D eigenvalue weighted by Gasteiger charge is -2.33. The molecule has 0 saturated heterocycles. The van der Waals surface area contributed by atoms with E-state index in [2.05, 4.69) is 0 Å². The third kappa shape index (κ3) is 1.99. The second-order valence-corrected chi connectivity index (χ2v) is 3.44. The number of carbonyl (C=O) groups is 1. The molecule has 4 heteroatoms. The maximum atomic E-state index is 12.6. The molecule has 3 nitrogen and oxygen atoms in total. The Kier molecular flexibility index (Phi) is 2.68. The van der Waals surface area contributed by atoms with Crippen LogP contribution in [0.25, 0.3) is 0 Å². The number of Topliss-reactive ketones (excluding diaryl/α,β-unsaturated/α-hetero) is 1. The van der Waals surface area contributed by atoms with Crippen molar-refractivity contribution in [2.75, 3.05) is 7.11 Å². The minimum atomic E-state index is -0.477. The molecule has 1 fully saturated rings. The summed E-state index contributed by atoms with van der Waals surface area (Å²) < 4.78 is 23.0. The summed E-state index contributed by atoms with van der Waals surface area (Å²) in [6, 6.07) is 5.70. The van der Waals surface area contributed by atoms with E-state index in [0.717, 1.165) is 0 Å². The molecule has 1 saturated carbocycles. The molecule has 2 unspecified atom stereocenters. The zero-order chi connectivity index (χ0) is 10.8. The number of rotatable bonds is 3. The molecule has 0 radical (unpaired) electrons. The molecule has 2 atom stereocenters. The van der Waals surface area contributed by atoms with Gasteiger partial charge in [0.15, 0.2) is 11.9 Å². The summed E-state index contributed by atoms with van der Waals surface area (Å²) in [5.41, 5.74) is 0. The molecular formula is C11H11FO3. The van der Waals surface area contributed by atoms with Crippen LogP contribution in [-0.2, 0) is 9.53 Å². The fourth-order valence-corrected chi connectivity index (χ4v) is 1.54. The molecule has 0 amide bonds. The summed E-state index contributed by atoms with van der Waals surface area (Å²) in [5.74, 6) is 0.288. The van der Waals surface area contributed by atoms with Crippen LogP contribution in [0.5, 0.6) is 5.75 Å². The lowest BCUT2D eigenvalue weighted by atomic mass is 9.90. The van der Waals surface area contributed by atoms with Gasteiger partial charge in [0.25, 0.3) is 0 Å². The normalized spacial score (nSPS) is 24.8. The predicted molar refractivity (Wildman–Crippen MR) is 51.2 cm³/mol. The Hall–Kier alpha value is -1.42. The Labute approximate surface area is 86.8 Å². The van der Waals surface area contributed by atoms with Gasteiger partial charge in [-0.3, -0.25) is 4.79 Å². The van der Waals surface area contributed by atoms with Gasteiger partial charge in [-0.2, -0.15) is 0 Å². The van der Waals surface area contributed by atoms with Crippen LogP contribution in [0.4, 0.5) is 4.39 Å². The van der Waals surface area contributed by atoms with Crippen molar-refractivity contribution in [3.8, 4) is 5.75 Å². The average molecular weight is 210 g/mol. The van der Waals surface area contributed by atoms with Crippen LogP contribution in [0.3, 0.4) is 0 Å². The van der Waals surface area contributed by atoms with Gasteiger partial charge in [-0.05, 0) is 24.3 Å². The first-order valence-electron chi connectivity index (χ1n) is 4.68. The molecular weight excluding hydrogens is 199 g/mol. The molecule has 0 spiro atoms. The monoisotopic (exact) mass is 210 g/mol. The molecule has 1 aliphatic rings. The van der Waals surface area contributed by atoms with E-state index in [1.807, 2.05) is 0 Å². The van der Waals surface area contributed by atoms with Gasteiger partial charge in [0.1, 0.15) is 17.7 Å². The molecule has 80 valence electrons. The number of ketones is 1. The van der Waals surface area contributed by atoms with Crippen molar-refractivity contribution in [3.05, 3.63) is 30.1 Å². The van der Waals surface area contributed by atoms with E-state index >= 15 is 0 Å². The Balaban J connectivity index is 1.98. The molecule has 1 aromatic rings. The molecule has 2 rings (SSSR count). The van der Waals surface area contributed by atoms with Gasteiger partial charge in [0.2, 0.25) is 0 Å². The molecule has 0 N–H and O–H groups in total. The van der Waals surface area contributed by atoms with Gasteiger partial charge in [-0.15, -0.1) is 0 Å². The number of halogens is 1. The van der Waals surface area contributed by atoms with Crippen LogP contribution in [0, 0.1) is 5.82 Å². The van der Waals surface area contributed by atoms with Gasteiger partial charge in [0.05, 0.1) is 0 Å². The zero-order valence-corrected chi connectivity index (χ0v) is 8.27. The smallest absolute Gasteiger partial charge is 0.169 e. The fraction of sp³-hybridized carbons (Fsp3) is 0.364. The van der Waals surface area contributed by atoms with Crippen LogP contribution < -0.4 is 4.74 Å². The number of methoxy groups -OCH3 is 1. The second kappa shape index (κ2) is 3.98. The summed E-state index contributed by atoms with van der Waals surface area (Å²) in [6.45, 7) is 0. The highest BCUT2D eigenvalue weighted by molar-refractivity contribution is 5.90. The van der Waals surface area contributed by atoms with E-state index in [9.17, 15) is 9.18 Å². The Morgan fingerprint density at radius 2 is 2.00 bits per heavy atom. The van der Waals surface area contributed by atoms with Crippen LogP contribution in [-0.4, -0.2) is 25.1 Å². The Morgan fingerprint density at radius 1 is 1.33 bits per heavy atom. The minimum Gasteiger partial charge on any atom is -0.487 e. The molecule has 1 aliphatic carbocycles. The highest BCUT2D eigenvalue weighted by Gasteiger charge is 2.41. The summed E-state index contributed by atoms with van der Waals surface area (Å²) >= 11 is 0. The third-order valence-corrected chi connectivity index (χ3v) is 2.41. The molecule has 0 aromatic heterocycles. The van der Waals surface area contributed by atoms with Crippen molar-refractivity contribution in [3.63, 3.8) is 0 Å². The van der Waals surface area contributed by atoms with Gasteiger partial charge >= 0.3 is 0 Å². The topological polar surface area (TPSA) is 35.5 Å². The average Bonchev–Trinajstić information content (AvgIpc) is 2.21. The Bertz CT molecular complexity index is 361. The van der Waals surface area contributed by atoms with Gasteiger partial charge in [0, 0.05) is 13.5 Å². The van der Waals surface area contributed by atoms with E-state index in [0.29, 0.717) is 12.2 Å². The first kappa shape index (κ1) is 10.1. The number of hydrogen-bond acceptors (Lipinski definition) is 3. The first-order chi connectivity index (χ1) is 7.20. The summed E-state index contributed by atoms with van der Waals surface area (Å²) in [6.07, 6.45) is -0.362. The highest BCUT2D eigenvalue weighted by atomic mass is 19.1. The number of benzene rings is 1. The van der Waals surface area contributed by atoms with E-state index in [1.165, 1.54) is 31.4 Å². The highest BCUT2D eigenvalue weighted by Crippen LogP contribution is 2.25. The minimum absolute atomic E-state index is 0.0459. The Morgan fingerprint density at radius 3 is 2.53 bits per heavy atom.